The number of nitrogens with one attached hydrogen (secondary N) is 1. The monoisotopic (exact) mass is 423 g/mol. The lowest BCUT2D eigenvalue weighted by Crippen LogP contribution is -2.32. The normalized spacial score (nSPS) is 17.6. The van der Waals surface area contributed by atoms with Crippen LogP contribution in [0.5, 0.6) is 0 Å². The zero-order valence-electron chi connectivity index (χ0n) is 16.4. The first-order valence-electron chi connectivity index (χ1n) is 9.83. The number of hydrogen-bond donors (Lipinski definition) is 1. The molecule has 1 fully saturated rings. The predicted molar refractivity (Wildman–Crippen MR) is 111 cm³/mol. The van der Waals surface area contributed by atoms with E-state index < -0.39 is 15.9 Å². The lowest BCUT2D eigenvalue weighted by atomic mass is 10.2. The highest BCUT2D eigenvalue weighted by molar-refractivity contribution is 7.89. The maximum absolute atomic E-state index is 13.3. The lowest BCUT2D eigenvalue weighted by Gasteiger charge is -2.20. The molecule has 30 heavy (non-hydrogen) atoms. The van der Waals surface area contributed by atoms with Crippen molar-refractivity contribution in [3.05, 3.63) is 65.9 Å². The van der Waals surface area contributed by atoms with E-state index in [1.807, 2.05) is 13.0 Å². The number of amides is 1. The molecule has 1 saturated carbocycles. The standard InChI is InChI=1S/C21H21N5O3S/c1-14-8-9-22-19(10-14)24-21(27)20-17-12-25(11-15-6-7-15)30(28,29)18-5-3-2-4-16(18)26(17)13-23-20/h2-5,8-10,13,15H,6-7,11-12H2,1H3,(H,22,24,27). The minimum absolute atomic E-state index is 0.0948. The Morgan fingerprint density at radius 1 is 1.20 bits per heavy atom. The second kappa shape index (κ2) is 7.03. The Labute approximate surface area is 174 Å². The number of benzene rings is 1. The summed E-state index contributed by atoms with van der Waals surface area (Å²) in [5.41, 5.74) is 2.23. The van der Waals surface area contributed by atoms with E-state index in [1.165, 1.54) is 10.6 Å². The number of imidazole rings is 1. The van der Waals surface area contributed by atoms with E-state index in [0.29, 0.717) is 29.7 Å². The average molecular weight is 423 g/mol. The number of fused-ring (bicyclic) bond motifs is 3. The van der Waals surface area contributed by atoms with E-state index >= 15 is 0 Å². The van der Waals surface area contributed by atoms with Gasteiger partial charge in [-0.3, -0.25) is 9.36 Å². The van der Waals surface area contributed by atoms with Crippen LogP contribution >= 0.6 is 0 Å². The van der Waals surface area contributed by atoms with Crippen LogP contribution in [0.15, 0.2) is 53.8 Å². The molecule has 0 radical (unpaired) electrons. The van der Waals surface area contributed by atoms with Crippen molar-refractivity contribution < 1.29 is 13.2 Å². The largest absolute Gasteiger partial charge is 0.305 e. The van der Waals surface area contributed by atoms with Gasteiger partial charge >= 0.3 is 0 Å². The summed E-state index contributed by atoms with van der Waals surface area (Å²) in [5.74, 6) is 0.387. The predicted octanol–water partition coefficient (Wildman–Crippen LogP) is 2.74. The smallest absolute Gasteiger partial charge is 0.277 e. The van der Waals surface area contributed by atoms with Gasteiger partial charge in [0.05, 0.1) is 17.9 Å². The number of sulfonamides is 1. The van der Waals surface area contributed by atoms with Crippen molar-refractivity contribution in [3.63, 3.8) is 0 Å². The molecular formula is C21H21N5O3S. The van der Waals surface area contributed by atoms with Gasteiger partial charge in [-0.15, -0.1) is 0 Å². The molecule has 8 nitrogen and oxygen atoms in total. The van der Waals surface area contributed by atoms with Crippen LogP contribution in [0.1, 0.15) is 34.6 Å². The van der Waals surface area contributed by atoms with Gasteiger partial charge in [-0.05, 0) is 55.5 Å². The summed E-state index contributed by atoms with van der Waals surface area (Å²) < 4.78 is 29.9. The molecule has 1 aliphatic heterocycles. The lowest BCUT2D eigenvalue weighted by molar-refractivity contribution is 0.102. The fourth-order valence-corrected chi connectivity index (χ4v) is 5.38. The quantitative estimate of drug-likeness (QED) is 0.696. The first kappa shape index (κ1) is 19.0. The van der Waals surface area contributed by atoms with Gasteiger partial charge in [-0.1, -0.05) is 12.1 Å². The minimum atomic E-state index is -3.68. The summed E-state index contributed by atoms with van der Waals surface area (Å²) >= 11 is 0. The summed E-state index contributed by atoms with van der Waals surface area (Å²) in [6.07, 6.45) is 5.19. The van der Waals surface area contributed by atoms with Crippen molar-refractivity contribution in [2.45, 2.75) is 31.2 Å². The molecule has 154 valence electrons. The molecule has 1 amide bonds. The minimum Gasteiger partial charge on any atom is -0.305 e. The van der Waals surface area contributed by atoms with Crippen LogP contribution in [0.25, 0.3) is 5.69 Å². The van der Waals surface area contributed by atoms with Crippen molar-refractivity contribution in [2.75, 3.05) is 11.9 Å². The van der Waals surface area contributed by atoms with Crippen LogP contribution in [0.4, 0.5) is 5.82 Å². The van der Waals surface area contributed by atoms with Crippen molar-refractivity contribution in [1.29, 1.82) is 0 Å². The highest BCUT2D eigenvalue weighted by Crippen LogP contribution is 2.36. The Kier molecular flexibility index (Phi) is 4.44. The van der Waals surface area contributed by atoms with E-state index in [-0.39, 0.29) is 17.1 Å². The van der Waals surface area contributed by atoms with Crippen molar-refractivity contribution in [2.24, 2.45) is 5.92 Å². The Balaban J connectivity index is 1.58. The number of carbonyl (C=O) groups excluding carboxylic acids is 1. The van der Waals surface area contributed by atoms with Crippen LogP contribution in [-0.4, -0.2) is 39.7 Å². The summed E-state index contributed by atoms with van der Waals surface area (Å²) in [6.45, 7) is 2.46. The van der Waals surface area contributed by atoms with Gasteiger partial charge in [0.15, 0.2) is 5.69 Å². The molecular weight excluding hydrogens is 402 g/mol. The Bertz CT molecular complexity index is 1250. The fourth-order valence-electron chi connectivity index (χ4n) is 3.72. The van der Waals surface area contributed by atoms with Crippen molar-refractivity contribution >= 4 is 21.7 Å². The van der Waals surface area contributed by atoms with Crippen molar-refractivity contribution in [3.8, 4) is 5.69 Å². The number of aromatic nitrogens is 3. The summed E-state index contributed by atoms with van der Waals surface area (Å²) in [6, 6.07) is 10.5. The van der Waals surface area contributed by atoms with E-state index in [9.17, 15) is 13.2 Å². The average Bonchev–Trinajstić information content (AvgIpc) is 3.45. The fraction of sp³-hybridized carbons (Fsp3) is 0.286. The van der Waals surface area contributed by atoms with Gasteiger partial charge in [-0.2, -0.15) is 4.31 Å². The SMILES string of the molecule is Cc1ccnc(NC(=O)c2ncn3c2CN(CC2CC2)S(=O)(=O)c2ccccc2-3)c1. The zero-order chi connectivity index (χ0) is 20.9. The highest BCUT2D eigenvalue weighted by Gasteiger charge is 2.37. The molecule has 0 spiro atoms. The van der Waals surface area contributed by atoms with Gasteiger partial charge in [0.1, 0.15) is 17.0 Å². The van der Waals surface area contributed by atoms with Gasteiger partial charge in [0.2, 0.25) is 10.0 Å². The third-order valence-corrected chi connectivity index (χ3v) is 7.33. The number of para-hydroxylation sites is 1. The highest BCUT2D eigenvalue weighted by atomic mass is 32.2. The second-order valence-corrected chi connectivity index (χ2v) is 9.70. The third-order valence-electron chi connectivity index (χ3n) is 5.47. The van der Waals surface area contributed by atoms with E-state index in [1.54, 1.807) is 41.1 Å². The van der Waals surface area contributed by atoms with E-state index in [2.05, 4.69) is 15.3 Å². The maximum Gasteiger partial charge on any atom is 0.277 e. The van der Waals surface area contributed by atoms with Gasteiger partial charge < -0.3 is 5.32 Å². The summed E-state index contributed by atoms with van der Waals surface area (Å²) in [4.78, 5) is 21.7. The molecule has 0 saturated heterocycles. The van der Waals surface area contributed by atoms with Gasteiger partial charge in [0, 0.05) is 12.7 Å². The number of rotatable bonds is 4. The molecule has 3 heterocycles. The number of carbonyl (C=O) groups is 1. The van der Waals surface area contributed by atoms with Crippen LogP contribution in [-0.2, 0) is 16.6 Å². The maximum atomic E-state index is 13.3. The van der Waals surface area contributed by atoms with Crippen LogP contribution in [0.2, 0.25) is 0 Å². The first-order chi connectivity index (χ1) is 14.4. The number of nitrogens with zero attached hydrogens (tertiary/aromatic N) is 4. The van der Waals surface area contributed by atoms with Gasteiger partial charge in [-0.25, -0.2) is 18.4 Å². The molecule has 9 heteroatoms. The van der Waals surface area contributed by atoms with Crippen LogP contribution < -0.4 is 5.32 Å². The molecule has 3 aromatic rings. The molecule has 0 bridgehead atoms. The molecule has 1 aromatic carbocycles. The van der Waals surface area contributed by atoms with E-state index in [0.717, 1.165) is 18.4 Å². The number of anilines is 1. The second-order valence-electron chi connectivity index (χ2n) is 7.79. The van der Waals surface area contributed by atoms with Crippen LogP contribution in [0.3, 0.4) is 0 Å². The number of pyridine rings is 1. The molecule has 0 unspecified atom stereocenters. The van der Waals surface area contributed by atoms with E-state index in [4.69, 9.17) is 0 Å². The topological polar surface area (TPSA) is 97.2 Å². The zero-order valence-corrected chi connectivity index (χ0v) is 17.3. The number of aryl methyl sites for hydroxylation is 1. The number of hydrogen-bond acceptors (Lipinski definition) is 5. The molecule has 2 aromatic heterocycles. The molecule has 1 N–H and O–H groups in total. The molecule has 1 aliphatic carbocycles. The Hall–Kier alpha value is -3.04. The van der Waals surface area contributed by atoms with Crippen molar-refractivity contribution in [1.82, 2.24) is 18.8 Å². The molecule has 5 rings (SSSR count). The summed E-state index contributed by atoms with van der Waals surface area (Å²) in [5, 5.41) is 2.77. The molecule has 2 aliphatic rings. The van der Waals surface area contributed by atoms with Crippen LogP contribution in [0, 0.1) is 12.8 Å². The first-order valence-corrected chi connectivity index (χ1v) is 11.3. The van der Waals surface area contributed by atoms with Gasteiger partial charge in [0.25, 0.3) is 5.91 Å². The molecule has 0 atom stereocenters. The summed E-state index contributed by atoms with van der Waals surface area (Å²) in [7, 11) is -3.68. The Morgan fingerprint density at radius 3 is 2.77 bits per heavy atom. The Morgan fingerprint density at radius 2 is 2.00 bits per heavy atom. The third kappa shape index (κ3) is 3.29.